The third kappa shape index (κ3) is 4.33. The maximum absolute atomic E-state index is 14.8. The Hall–Kier alpha value is -2.33. The van der Waals surface area contributed by atoms with Crippen molar-refractivity contribution in [2.24, 2.45) is 0 Å². The van der Waals surface area contributed by atoms with Crippen LogP contribution in [0.3, 0.4) is 0 Å². The molecule has 2 heterocycles. The minimum atomic E-state index is -4.43. The van der Waals surface area contributed by atoms with Crippen LogP contribution in [0.25, 0.3) is 0 Å². The highest BCUT2D eigenvalue weighted by molar-refractivity contribution is 7.91. The van der Waals surface area contributed by atoms with Gasteiger partial charge in [0.1, 0.15) is 4.90 Å². The predicted octanol–water partition coefficient (Wildman–Crippen LogP) is 2.22. The number of nitrogens with one attached hydrogen (secondary N) is 1. The van der Waals surface area contributed by atoms with Crippen LogP contribution in [0.4, 0.5) is 24.7 Å². The smallest absolute Gasteiger partial charge is 0.252 e. The van der Waals surface area contributed by atoms with E-state index in [0.29, 0.717) is 5.69 Å². The van der Waals surface area contributed by atoms with Gasteiger partial charge in [-0.05, 0) is 12.1 Å². The Morgan fingerprint density at radius 2 is 1.74 bits per heavy atom. The highest BCUT2D eigenvalue weighted by Crippen LogP contribution is 2.29. The van der Waals surface area contributed by atoms with Gasteiger partial charge in [-0.1, -0.05) is 18.2 Å². The van der Waals surface area contributed by atoms with Gasteiger partial charge in [0.05, 0.1) is 19.0 Å². The van der Waals surface area contributed by atoms with Crippen molar-refractivity contribution in [1.29, 1.82) is 0 Å². The van der Waals surface area contributed by atoms with Gasteiger partial charge in [-0.3, -0.25) is 0 Å². The Morgan fingerprint density at radius 1 is 1.07 bits per heavy atom. The average molecular weight is 401 g/mol. The van der Waals surface area contributed by atoms with Crippen molar-refractivity contribution in [3.63, 3.8) is 0 Å². The van der Waals surface area contributed by atoms with Crippen molar-refractivity contribution in [2.75, 3.05) is 48.8 Å². The molecule has 1 N–H and O–H groups in total. The molecule has 3 rings (SSSR count). The summed E-state index contributed by atoms with van der Waals surface area (Å²) in [5, 5.41) is 2.84. The fourth-order valence-electron chi connectivity index (χ4n) is 2.73. The highest BCUT2D eigenvalue weighted by Gasteiger charge is 2.32. The number of halogens is 3. The third-order valence-corrected chi connectivity index (χ3v) is 5.80. The number of benzene rings is 1. The normalized spacial score (nSPS) is 15.0. The summed E-state index contributed by atoms with van der Waals surface area (Å²) in [7, 11) is -4.43. The first-order valence-electron chi connectivity index (χ1n) is 8.29. The Balaban J connectivity index is 1.86. The Kier molecular flexibility index (Phi) is 5.85. The first-order valence-corrected chi connectivity index (χ1v) is 9.94. The summed E-state index contributed by atoms with van der Waals surface area (Å²) in [6.45, 7) is 0.808. The molecule has 27 heavy (non-hydrogen) atoms. The van der Waals surface area contributed by atoms with E-state index in [0.717, 1.165) is 0 Å². The van der Waals surface area contributed by atoms with Crippen LogP contribution >= 0.6 is 0 Å². The van der Waals surface area contributed by atoms with Crippen molar-refractivity contribution >= 4 is 21.3 Å². The van der Waals surface area contributed by atoms with Crippen LogP contribution in [0, 0.1) is 17.6 Å². The lowest BCUT2D eigenvalue weighted by Gasteiger charge is -2.28. The lowest BCUT2D eigenvalue weighted by atomic mass is 10.3. The van der Waals surface area contributed by atoms with E-state index in [2.05, 4.69) is 10.3 Å². The maximum Gasteiger partial charge on any atom is 0.252 e. The molecule has 1 aromatic carbocycles. The molecule has 0 aliphatic carbocycles. The molecule has 0 atom stereocenters. The molecule has 0 unspecified atom stereocenters. The molecular weight excluding hydrogens is 383 g/mol. The molecule has 1 aliphatic rings. The minimum absolute atomic E-state index is 0.0952. The minimum Gasteiger partial charge on any atom is -0.384 e. The molecule has 10 heteroatoms. The van der Waals surface area contributed by atoms with E-state index < -0.39 is 43.9 Å². The maximum atomic E-state index is 14.8. The summed E-state index contributed by atoms with van der Waals surface area (Å²) in [6.07, 6.45) is 0. The highest BCUT2D eigenvalue weighted by atomic mass is 32.2. The van der Waals surface area contributed by atoms with Crippen LogP contribution in [0.5, 0.6) is 0 Å². The number of anilines is 2. The molecule has 6 nitrogen and oxygen atoms in total. The van der Waals surface area contributed by atoms with Crippen LogP contribution < -0.4 is 10.2 Å². The molecule has 146 valence electrons. The van der Waals surface area contributed by atoms with E-state index in [1.165, 1.54) is 4.90 Å². The summed E-state index contributed by atoms with van der Waals surface area (Å²) in [4.78, 5) is 3.32. The molecule has 2 aromatic rings. The zero-order valence-corrected chi connectivity index (χ0v) is 15.1. The van der Waals surface area contributed by atoms with Gasteiger partial charge in [0.2, 0.25) is 0 Å². The SMILES string of the molecule is O=S(=O)(CCNc1ccccc1)c1c(F)c(F)nc(N2CCOCC2)c1F. The van der Waals surface area contributed by atoms with Crippen molar-refractivity contribution in [3.8, 4) is 0 Å². The first-order chi connectivity index (χ1) is 12.9. The van der Waals surface area contributed by atoms with Crippen molar-refractivity contribution < 1.29 is 26.3 Å². The van der Waals surface area contributed by atoms with Gasteiger partial charge in [0.25, 0.3) is 5.95 Å². The predicted molar refractivity (Wildman–Crippen MR) is 94.1 cm³/mol. The van der Waals surface area contributed by atoms with E-state index in [9.17, 15) is 21.6 Å². The molecule has 0 saturated carbocycles. The summed E-state index contributed by atoms with van der Waals surface area (Å²) in [6, 6.07) is 8.73. The van der Waals surface area contributed by atoms with Crippen LogP contribution in [0.2, 0.25) is 0 Å². The van der Waals surface area contributed by atoms with Gasteiger partial charge < -0.3 is 15.0 Å². The fourth-order valence-corrected chi connectivity index (χ4v) is 4.02. The van der Waals surface area contributed by atoms with E-state index in [4.69, 9.17) is 4.74 Å². The Labute approximate surface area is 154 Å². The van der Waals surface area contributed by atoms with Crippen molar-refractivity contribution in [2.45, 2.75) is 4.90 Å². The molecule has 0 bridgehead atoms. The number of sulfone groups is 1. The van der Waals surface area contributed by atoms with Gasteiger partial charge in [-0.25, -0.2) is 17.2 Å². The van der Waals surface area contributed by atoms with E-state index >= 15 is 0 Å². The number of ether oxygens (including phenoxy) is 1. The fraction of sp³-hybridized carbons (Fsp3) is 0.353. The number of aromatic nitrogens is 1. The van der Waals surface area contributed by atoms with Crippen LogP contribution in [0.15, 0.2) is 35.2 Å². The van der Waals surface area contributed by atoms with Gasteiger partial charge >= 0.3 is 0 Å². The zero-order chi connectivity index (χ0) is 19.4. The molecule has 0 radical (unpaired) electrons. The quantitative estimate of drug-likeness (QED) is 0.749. The summed E-state index contributed by atoms with van der Waals surface area (Å²) in [5.74, 6) is -5.96. The number of morpholine rings is 1. The Morgan fingerprint density at radius 3 is 2.41 bits per heavy atom. The number of para-hydroxylation sites is 1. The zero-order valence-electron chi connectivity index (χ0n) is 14.3. The monoisotopic (exact) mass is 401 g/mol. The van der Waals surface area contributed by atoms with E-state index in [1.54, 1.807) is 30.3 Å². The number of hydrogen-bond donors (Lipinski definition) is 1. The van der Waals surface area contributed by atoms with Crippen molar-refractivity contribution in [1.82, 2.24) is 4.98 Å². The third-order valence-electron chi connectivity index (χ3n) is 4.08. The van der Waals surface area contributed by atoms with E-state index in [-0.39, 0.29) is 32.8 Å². The molecule has 1 fully saturated rings. The summed E-state index contributed by atoms with van der Waals surface area (Å²) < 4.78 is 72.9. The lowest BCUT2D eigenvalue weighted by Crippen LogP contribution is -2.38. The molecule has 1 saturated heterocycles. The number of pyridine rings is 1. The van der Waals surface area contributed by atoms with Crippen LogP contribution in [-0.2, 0) is 14.6 Å². The standard InChI is InChI=1S/C17H18F3N3O3S/c18-13-15(27(24,25)11-6-21-12-4-2-1-3-5-12)14(19)17(22-16(13)20)23-7-9-26-10-8-23/h1-5,21H,6-11H2. The number of rotatable bonds is 6. The second-order valence-corrected chi connectivity index (χ2v) is 7.94. The largest absolute Gasteiger partial charge is 0.384 e. The van der Waals surface area contributed by atoms with Crippen molar-refractivity contribution in [3.05, 3.63) is 47.9 Å². The average Bonchev–Trinajstić information content (AvgIpc) is 2.66. The number of hydrogen-bond acceptors (Lipinski definition) is 6. The van der Waals surface area contributed by atoms with Gasteiger partial charge in [0, 0.05) is 25.3 Å². The molecule has 1 aliphatic heterocycles. The van der Waals surface area contributed by atoms with E-state index in [1.807, 2.05) is 0 Å². The topological polar surface area (TPSA) is 71.5 Å². The Bertz CT molecular complexity index is 905. The lowest BCUT2D eigenvalue weighted by molar-refractivity contribution is 0.122. The first kappa shape index (κ1) is 19.4. The van der Waals surface area contributed by atoms with Crippen LogP contribution in [0.1, 0.15) is 0 Å². The number of nitrogens with zero attached hydrogens (tertiary/aromatic N) is 2. The summed E-state index contributed by atoms with van der Waals surface area (Å²) in [5.41, 5.74) is 0.656. The second-order valence-electron chi connectivity index (χ2n) is 5.89. The molecule has 0 amide bonds. The van der Waals surface area contributed by atoms with Gasteiger partial charge in [-0.2, -0.15) is 9.37 Å². The molecular formula is C17H18F3N3O3S. The van der Waals surface area contributed by atoms with Gasteiger partial charge in [-0.15, -0.1) is 0 Å². The second kappa shape index (κ2) is 8.13. The van der Waals surface area contributed by atoms with Gasteiger partial charge in [0.15, 0.2) is 27.3 Å². The summed E-state index contributed by atoms with van der Waals surface area (Å²) >= 11 is 0. The molecule has 0 spiro atoms. The molecule has 1 aromatic heterocycles. The van der Waals surface area contributed by atoms with Crippen LogP contribution in [-0.4, -0.2) is 52.0 Å².